The molecule has 0 aromatic heterocycles. The second-order valence-electron chi connectivity index (χ2n) is 9.07. The predicted molar refractivity (Wildman–Crippen MR) is 106 cm³/mol. The highest BCUT2D eigenvalue weighted by Gasteiger charge is 2.53. The maximum atomic E-state index is 12.5. The largest absolute Gasteiger partial charge is 0.493 e. The lowest BCUT2D eigenvalue weighted by Gasteiger charge is -2.59. The molecule has 4 saturated carbocycles. The summed E-state index contributed by atoms with van der Waals surface area (Å²) in [5, 5.41) is 3.14. The van der Waals surface area contributed by atoms with Gasteiger partial charge in [-0.3, -0.25) is 4.79 Å². The number of para-hydroxylation sites is 1. The van der Waals surface area contributed by atoms with Gasteiger partial charge in [-0.05, 0) is 87.7 Å². The highest BCUT2D eigenvalue weighted by Crippen LogP contribution is 2.61. The van der Waals surface area contributed by atoms with Crippen molar-refractivity contribution in [3.05, 3.63) is 29.8 Å². The molecule has 0 aliphatic heterocycles. The Bertz CT molecular complexity index is 709. The van der Waals surface area contributed by atoms with Gasteiger partial charge in [0.2, 0.25) is 0 Å². The van der Waals surface area contributed by atoms with Crippen LogP contribution in [0.4, 0.5) is 0 Å². The number of amides is 1. The Hall–Kier alpha value is -2.04. The maximum absolute atomic E-state index is 12.5. The van der Waals surface area contributed by atoms with Crippen LogP contribution in [-0.4, -0.2) is 31.1 Å². The minimum absolute atomic E-state index is 0.128. The SMILES string of the molecule is CCOc1ccccc1C(=O)OCC(=O)N[C@@H](C)C12CC3CC(CC(C3)C1)C2. The lowest BCUT2D eigenvalue weighted by molar-refractivity contribution is -0.128. The van der Waals surface area contributed by atoms with E-state index in [1.165, 1.54) is 38.5 Å². The van der Waals surface area contributed by atoms with Gasteiger partial charge >= 0.3 is 5.97 Å². The van der Waals surface area contributed by atoms with Gasteiger partial charge in [-0.1, -0.05) is 12.1 Å². The van der Waals surface area contributed by atoms with E-state index in [1.807, 2.05) is 13.0 Å². The molecule has 4 fully saturated rings. The highest BCUT2D eigenvalue weighted by molar-refractivity contribution is 5.94. The number of nitrogens with one attached hydrogen (secondary N) is 1. The molecular formula is C23H31NO4. The molecule has 1 amide bonds. The number of benzene rings is 1. The van der Waals surface area contributed by atoms with Crippen molar-refractivity contribution in [3.63, 3.8) is 0 Å². The van der Waals surface area contributed by atoms with Crippen LogP contribution in [-0.2, 0) is 9.53 Å². The van der Waals surface area contributed by atoms with Crippen molar-refractivity contribution in [2.24, 2.45) is 23.2 Å². The van der Waals surface area contributed by atoms with Crippen LogP contribution >= 0.6 is 0 Å². The minimum atomic E-state index is -0.526. The van der Waals surface area contributed by atoms with E-state index < -0.39 is 5.97 Å². The fraction of sp³-hybridized carbons (Fsp3) is 0.652. The molecule has 0 saturated heterocycles. The fourth-order valence-corrected chi connectivity index (χ4v) is 6.27. The number of hydrogen-bond acceptors (Lipinski definition) is 4. The first-order chi connectivity index (χ1) is 13.5. The normalized spacial score (nSPS) is 31.3. The second-order valence-corrected chi connectivity index (χ2v) is 9.07. The third-order valence-electron chi connectivity index (χ3n) is 7.12. The Balaban J connectivity index is 1.32. The molecule has 0 spiro atoms. The Morgan fingerprint density at radius 1 is 1.11 bits per heavy atom. The molecule has 5 rings (SSSR count). The van der Waals surface area contributed by atoms with Crippen LogP contribution in [0.2, 0.25) is 0 Å². The number of rotatable bonds is 7. The third-order valence-corrected chi connectivity index (χ3v) is 7.12. The number of esters is 1. The molecular weight excluding hydrogens is 354 g/mol. The number of ether oxygens (including phenoxy) is 2. The van der Waals surface area contributed by atoms with Gasteiger partial charge in [0.25, 0.3) is 5.91 Å². The van der Waals surface area contributed by atoms with Crippen molar-refractivity contribution >= 4 is 11.9 Å². The van der Waals surface area contributed by atoms with E-state index in [9.17, 15) is 9.59 Å². The summed E-state index contributed by atoms with van der Waals surface area (Å²) in [5.74, 6) is 2.28. The number of carbonyl (C=O) groups excluding carboxylic acids is 2. The molecule has 1 N–H and O–H groups in total. The van der Waals surface area contributed by atoms with Crippen molar-refractivity contribution < 1.29 is 19.1 Å². The zero-order valence-electron chi connectivity index (χ0n) is 16.9. The van der Waals surface area contributed by atoms with Crippen molar-refractivity contribution in [2.75, 3.05) is 13.2 Å². The maximum Gasteiger partial charge on any atom is 0.342 e. The van der Waals surface area contributed by atoms with Crippen molar-refractivity contribution in [3.8, 4) is 5.75 Å². The van der Waals surface area contributed by atoms with Gasteiger partial charge in [-0.2, -0.15) is 0 Å². The summed E-state index contributed by atoms with van der Waals surface area (Å²) < 4.78 is 10.7. The first-order valence-corrected chi connectivity index (χ1v) is 10.7. The Morgan fingerprint density at radius 2 is 1.71 bits per heavy atom. The van der Waals surface area contributed by atoms with Crippen LogP contribution in [0, 0.1) is 23.2 Å². The third kappa shape index (κ3) is 3.76. The Morgan fingerprint density at radius 3 is 2.32 bits per heavy atom. The van der Waals surface area contributed by atoms with E-state index in [-0.39, 0.29) is 24.0 Å². The first kappa shape index (κ1) is 19.3. The van der Waals surface area contributed by atoms with Crippen molar-refractivity contribution in [1.82, 2.24) is 5.32 Å². The first-order valence-electron chi connectivity index (χ1n) is 10.7. The molecule has 4 aliphatic carbocycles. The summed E-state index contributed by atoms with van der Waals surface area (Å²) in [4.78, 5) is 24.8. The van der Waals surface area contributed by atoms with Crippen LogP contribution in [0.5, 0.6) is 5.75 Å². The van der Waals surface area contributed by atoms with Gasteiger partial charge in [0.15, 0.2) is 6.61 Å². The predicted octanol–water partition coefficient (Wildman–Crippen LogP) is 3.96. The van der Waals surface area contributed by atoms with Gasteiger partial charge in [-0.25, -0.2) is 4.79 Å². The zero-order valence-corrected chi connectivity index (χ0v) is 16.9. The van der Waals surface area contributed by atoms with E-state index in [0.29, 0.717) is 17.9 Å². The molecule has 5 heteroatoms. The molecule has 0 unspecified atom stereocenters. The molecule has 4 bridgehead atoms. The van der Waals surface area contributed by atoms with Crippen LogP contribution < -0.4 is 10.1 Å². The van der Waals surface area contributed by atoms with Crippen molar-refractivity contribution in [1.29, 1.82) is 0 Å². The van der Waals surface area contributed by atoms with Crippen LogP contribution in [0.15, 0.2) is 24.3 Å². The van der Waals surface area contributed by atoms with Crippen LogP contribution in [0.25, 0.3) is 0 Å². The van der Waals surface area contributed by atoms with Crippen LogP contribution in [0.3, 0.4) is 0 Å². The molecule has 28 heavy (non-hydrogen) atoms. The summed E-state index contributed by atoms with van der Waals surface area (Å²) in [6.45, 7) is 4.21. The summed E-state index contributed by atoms with van der Waals surface area (Å²) in [5.41, 5.74) is 0.599. The molecule has 0 radical (unpaired) electrons. The van der Waals surface area contributed by atoms with E-state index in [1.54, 1.807) is 18.2 Å². The van der Waals surface area contributed by atoms with E-state index in [2.05, 4.69) is 12.2 Å². The Labute approximate surface area is 167 Å². The quantitative estimate of drug-likeness (QED) is 0.722. The summed E-state index contributed by atoms with van der Waals surface area (Å²) >= 11 is 0. The molecule has 1 atom stereocenters. The average Bonchev–Trinajstić information content (AvgIpc) is 2.66. The zero-order chi connectivity index (χ0) is 19.7. The fourth-order valence-electron chi connectivity index (χ4n) is 6.27. The molecule has 0 heterocycles. The highest BCUT2D eigenvalue weighted by atomic mass is 16.5. The van der Waals surface area contributed by atoms with E-state index >= 15 is 0 Å². The summed E-state index contributed by atoms with van der Waals surface area (Å²) in [7, 11) is 0. The molecule has 5 nitrogen and oxygen atoms in total. The standard InChI is InChI=1S/C23H31NO4/c1-3-27-20-7-5-4-6-19(20)22(26)28-14-21(25)24-15(2)23-11-16-8-17(12-23)10-18(9-16)13-23/h4-7,15-18H,3,8-14H2,1-2H3,(H,24,25)/t15-,16?,17?,18?,23?/m0/s1. The monoisotopic (exact) mass is 385 g/mol. The number of carbonyl (C=O) groups is 2. The molecule has 152 valence electrons. The topological polar surface area (TPSA) is 64.6 Å². The average molecular weight is 386 g/mol. The molecule has 1 aromatic carbocycles. The van der Waals surface area contributed by atoms with Gasteiger partial charge in [-0.15, -0.1) is 0 Å². The van der Waals surface area contributed by atoms with Crippen LogP contribution in [0.1, 0.15) is 62.7 Å². The smallest absolute Gasteiger partial charge is 0.342 e. The molecule has 1 aromatic rings. The van der Waals surface area contributed by atoms with Crippen molar-refractivity contribution in [2.45, 2.75) is 58.4 Å². The van der Waals surface area contributed by atoms with E-state index in [0.717, 1.165) is 17.8 Å². The summed E-state index contributed by atoms with van der Waals surface area (Å²) in [6.07, 6.45) is 7.87. The van der Waals surface area contributed by atoms with Gasteiger partial charge < -0.3 is 14.8 Å². The summed E-state index contributed by atoms with van der Waals surface area (Å²) in [6, 6.07) is 7.08. The second kappa shape index (κ2) is 7.76. The van der Waals surface area contributed by atoms with Gasteiger partial charge in [0.05, 0.1) is 6.61 Å². The van der Waals surface area contributed by atoms with E-state index in [4.69, 9.17) is 9.47 Å². The Kier molecular flexibility index (Phi) is 5.35. The lowest BCUT2D eigenvalue weighted by atomic mass is 9.48. The lowest BCUT2D eigenvalue weighted by Crippen LogP contribution is -2.56. The number of hydrogen-bond donors (Lipinski definition) is 1. The van der Waals surface area contributed by atoms with Gasteiger partial charge in [0, 0.05) is 6.04 Å². The molecule has 4 aliphatic rings. The van der Waals surface area contributed by atoms with Gasteiger partial charge in [0.1, 0.15) is 11.3 Å². The minimum Gasteiger partial charge on any atom is -0.493 e.